The lowest BCUT2D eigenvalue weighted by Crippen LogP contribution is -2.36. The van der Waals surface area contributed by atoms with Crippen LogP contribution in [0, 0.1) is 0 Å². The van der Waals surface area contributed by atoms with E-state index in [9.17, 15) is 15.0 Å². The van der Waals surface area contributed by atoms with Gasteiger partial charge in [-0.15, -0.1) is 0 Å². The summed E-state index contributed by atoms with van der Waals surface area (Å²) in [6.45, 7) is 3.55. The van der Waals surface area contributed by atoms with E-state index in [0.717, 1.165) is 31.0 Å². The first kappa shape index (κ1) is 21.7. The number of rotatable bonds is 2. The summed E-state index contributed by atoms with van der Waals surface area (Å²) in [5.41, 5.74) is 4.63. The molecule has 3 fully saturated rings. The van der Waals surface area contributed by atoms with Gasteiger partial charge in [0.15, 0.2) is 6.23 Å². The van der Waals surface area contributed by atoms with Crippen molar-refractivity contribution in [3.63, 3.8) is 0 Å². The van der Waals surface area contributed by atoms with Gasteiger partial charge in [-0.3, -0.25) is 4.57 Å². The summed E-state index contributed by atoms with van der Waals surface area (Å²) in [5, 5.41) is 28.2. The number of aromatic nitrogens is 2. The molecule has 10 nitrogen and oxygen atoms in total. The van der Waals surface area contributed by atoms with Crippen molar-refractivity contribution in [1.82, 2.24) is 9.55 Å². The van der Waals surface area contributed by atoms with Crippen molar-refractivity contribution in [2.24, 2.45) is 0 Å². The lowest BCUT2D eigenvalue weighted by atomic mass is 10.1. The minimum Gasteiger partial charge on any atom is -0.394 e. The molecule has 3 aliphatic rings. The third-order valence-corrected chi connectivity index (χ3v) is 4.30. The monoisotopic (exact) mass is 387 g/mol. The summed E-state index contributed by atoms with van der Waals surface area (Å²) in [6.07, 6.45) is 1.84. The van der Waals surface area contributed by atoms with Gasteiger partial charge in [0.2, 0.25) is 0 Å². The highest BCUT2D eigenvalue weighted by molar-refractivity contribution is 5.23. The topological polar surface area (TPSA) is 149 Å². The highest BCUT2D eigenvalue weighted by Gasteiger charge is 2.43. The van der Waals surface area contributed by atoms with E-state index in [-0.39, 0.29) is 5.82 Å². The first-order valence-corrected chi connectivity index (χ1v) is 9.17. The summed E-state index contributed by atoms with van der Waals surface area (Å²) >= 11 is 0. The van der Waals surface area contributed by atoms with Gasteiger partial charge >= 0.3 is 5.69 Å². The quantitative estimate of drug-likeness (QED) is 0.503. The molecule has 4 heterocycles. The van der Waals surface area contributed by atoms with E-state index in [1.54, 1.807) is 0 Å². The Morgan fingerprint density at radius 1 is 1.07 bits per heavy atom. The molecule has 0 aromatic carbocycles. The fourth-order valence-corrected chi connectivity index (χ4v) is 2.75. The number of hydrogen-bond donors (Lipinski definition) is 4. The van der Waals surface area contributed by atoms with Crippen molar-refractivity contribution in [1.29, 1.82) is 0 Å². The van der Waals surface area contributed by atoms with Gasteiger partial charge in [-0.1, -0.05) is 0 Å². The largest absolute Gasteiger partial charge is 0.394 e. The average molecular weight is 387 g/mol. The van der Waals surface area contributed by atoms with Crippen LogP contribution in [0.2, 0.25) is 0 Å². The van der Waals surface area contributed by atoms with Crippen LogP contribution in [0.5, 0.6) is 0 Å². The summed E-state index contributed by atoms with van der Waals surface area (Å²) in [6, 6.07) is 1.37. The normalized spacial score (nSPS) is 29.6. The van der Waals surface area contributed by atoms with Crippen molar-refractivity contribution in [3.8, 4) is 0 Å². The SMILES string of the molecule is C1CCOC1.C1CCOC1.Nc1ccn([C@@H]2O[C@H](CO)[C@@H](O)[C@H]2O)c(=O)n1. The van der Waals surface area contributed by atoms with Gasteiger partial charge in [0.1, 0.15) is 24.1 Å². The second-order valence-electron chi connectivity index (χ2n) is 6.41. The number of nitrogens with zero attached hydrogens (tertiary/aromatic N) is 2. The molecule has 4 atom stereocenters. The summed E-state index contributed by atoms with van der Waals surface area (Å²) in [7, 11) is 0. The minimum absolute atomic E-state index is 0.0537. The number of ether oxygens (including phenoxy) is 3. The molecule has 0 saturated carbocycles. The molecule has 4 rings (SSSR count). The third-order valence-electron chi connectivity index (χ3n) is 4.30. The zero-order valence-electron chi connectivity index (χ0n) is 15.3. The predicted molar refractivity (Wildman–Crippen MR) is 96.0 cm³/mol. The summed E-state index contributed by atoms with van der Waals surface area (Å²) in [4.78, 5) is 15.0. The molecule has 154 valence electrons. The molecule has 1 aromatic heterocycles. The zero-order valence-corrected chi connectivity index (χ0v) is 15.3. The number of aliphatic hydroxyl groups is 3. The Balaban J connectivity index is 0.000000210. The molecule has 5 N–H and O–H groups in total. The van der Waals surface area contributed by atoms with Crippen molar-refractivity contribution >= 4 is 5.82 Å². The van der Waals surface area contributed by atoms with Gasteiger partial charge in [-0.2, -0.15) is 4.98 Å². The third kappa shape index (κ3) is 6.52. The fourth-order valence-electron chi connectivity index (χ4n) is 2.75. The Hall–Kier alpha value is -1.56. The summed E-state index contributed by atoms with van der Waals surface area (Å²) < 4.78 is 16.1. The van der Waals surface area contributed by atoms with E-state index in [1.165, 1.54) is 37.9 Å². The Bertz CT molecular complexity index is 579. The van der Waals surface area contributed by atoms with Gasteiger partial charge in [0, 0.05) is 32.6 Å². The molecular weight excluding hydrogens is 358 g/mol. The molecule has 3 saturated heterocycles. The standard InChI is InChI=1S/C9H13N3O5.2C4H8O/c10-5-1-2-12(9(16)11-5)8-7(15)6(14)4(3-13)17-8;2*1-2-4-5-3-1/h1-2,4,6-8,13-15H,3H2,(H2,10,11,16);2*1-4H2/t4-,6-,7-,8-;;/m1../s1. The maximum absolute atomic E-state index is 11.5. The average Bonchev–Trinajstić information content (AvgIpc) is 3.42. The Morgan fingerprint density at radius 3 is 2.00 bits per heavy atom. The Labute approximate surface area is 157 Å². The lowest BCUT2D eigenvalue weighted by molar-refractivity contribution is -0.0549. The van der Waals surface area contributed by atoms with Crippen LogP contribution in [-0.4, -0.2) is 76.2 Å². The first-order valence-electron chi connectivity index (χ1n) is 9.17. The number of nitrogen functional groups attached to an aromatic ring is 1. The Kier molecular flexibility index (Phi) is 9.11. The van der Waals surface area contributed by atoms with Gasteiger partial charge in [0.05, 0.1) is 6.61 Å². The van der Waals surface area contributed by atoms with E-state index in [2.05, 4.69) is 4.98 Å². The van der Waals surface area contributed by atoms with Gasteiger partial charge in [0.25, 0.3) is 0 Å². The second kappa shape index (κ2) is 11.3. The molecule has 0 bridgehead atoms. The molecule has 27 heavy (non-hydrogen) atoms. The van der Waals surface area contributed by atoms with E-state index in [0.29, 0.717) is 0 Å². The van der Waals surface area contributed by atoms with Crippen LogP contribution in [0.15, 0.2) is 17.1 Å². The lowest BCUT2D eigenvalue weighted by Gasteiger charge is -2.16. The van der Waals surface area contributed by atoms with E-state index in [1.807, 2.05) is 0 Å². The number of nitrogens with two attached hydrogens (primary N) is 1. The maximum Gasteiger partial charge on any atom is 0.351 e. The van der Waals surface area contributed by atoms with Gasteiger partial charge in [-0.25, -0.2) is 4.79 Å². The molecule has 3 aliphatic heterocycles. The summed E-state index contributed by atoms with van der Waals surface area (Å²) in [5.74, 6) is 0.0537. The number of hydrogen-bond acceptors (Lipinski definition) is 9. The van der Waals surface area contributed by atoms with Crippen molar-refractivity contribution in [3.05, 3.63) is 22.7 Å². The molecule has 0 spiro atoms. The number of aliphatic hydroxyl groups excluding tert-OH is 3. The molecule has 1 aromatic rings. The van der Waals surface area contributed by atoms with Crippen LogP contribution in [0.1, 0.15) is 31.9 Å². The molecular formula is C17H29N3O7. The Morgan fingerprint density at radius 2 is 1.63 bits per heavy atom. The molecule has 10 heteroatoms. The molecule has 0 radical (unpaired) electrons. The van der Waals surface area contributed by atoms with E-state index >= 15 is 0 Å². The van der Waals surface area contributed by atoms with Crippen molar-refractivity contribution < 1.29 is 29.5 Å². The van der Waals surface area contributed by atoms with E-state index < -0.39 is 36.8 Å². The smallest absolute Gasteiger partial charge is 0.351 e. The predicted octanol–water partition coefficient (Wildman–Crippen LogP) is -0.969. The molecule has 0 aliphatic carbocycles. The fraction of sp³-hybridized carbons (Fsp3) is 0.765. The van der Waals surface area contributed by atoms with Crippen LogP contribution in [0.25, 0.3) is 0 Å². The van der Waals surface area contributed by atoms with Crippen LogP contribution < -0.4 is 11.4 Å². The van der Waals surface area contributed by atoms with Crippen molar-refractivity contribution in [2.45, 2.75) is 50.2 Å². The second-order valence-corrected chi connectivity index (χ2v) is 6.41. The number of anilines is 1. The van der Waals surface area contributed by atoms with Crippen LogP contribution in [0.3, 0.4) is 0 Å². The minimum atomic E-state index is -1.31. The van der Waals surface area contributed by atoms with Crippen LogP contribution in [-0.2, 0) is 14.2 Å². The van der Waals surface area contributed by atoms with Gasteiger partial charge < -0.3 is 35.3 Å². The zero-order chi connectivity index (χ0) is 19.6. The van der Waals surface area contributed by atoms with Crippen molar-refractivity contribution in [2.75, 3.05) is 38.8 Å². The van der Waals surface area contributed by atoms with Crippen LogP contribution >= 0.6 is 0 Å². The van der Waals surface area contributed by atoms with Gasteiger partial charge in [-0.05, 0) is 31.7 Å². The highest BCUT2D eigenvalue weighted by atomic mass is 16.6. The highest BCUT2D eigenvalue weighted by Crippen LogP contribution is 2.27. The molecule has 0 unspecified atom stereocenters. The van der Waals surface area contributed by atoms with E-state index in [4.69, 9.17) is 25.1 Å². The van der Waals surface area contributed by atoms with Crippen LogP contribution in [0.4, 0.5) is 5.82 Å². The maximum atomic E-state index is 11.5. The first-order chi connectivity index (χ1) is 13.0. The molecule has 0 amide bonds.